The molecule has 0 bridgehead atoms. The van der Waals surface area contributed by atoms with Crippen molar-refractivity contribution in [1.29, 1.82) is 0 Å². The maximum Gasteiger partial charge on any atom is 0.249 e. The van der Waals surface area contributed by atoms with Crippen LogP contribution in [-0.2, 0) is 16.1 Å². The molecule has 1 N–H and O–H groups in total. The standard InChI is InChI=1S/C30H35N5O5/c1-7-40-25-17-16-20(18-26(25)39-6)28(29(37)31-30(2,3)4)35(23-14-10-11-15-24(23)38-5)27(36)19-34-22-13-9-8-12-21(22)32-33-34/h8-18,28H,7,19H2,1-6H3,(H,31,37). The molecule has 0 saturated heterocycles. The maximum atomic E-state index is 14.3. The van der Waals surface area contributed by atoms with Gasteiger partial charge in [0.2, 0.25) is 11.8 Å². The summed E-state index contributed by atoms with van der Waals surface area (Å²) in [6, 6.07) is 18.6. The van der Waals surface area contributed by atoms with Crippen molar-refractivity contribution in [2.75, 3.05) is 25.7 Å². The van der Waals surface area contributed by atoms with Crippen molar-refractivity contribution in [3.8, 4) is 17.2 Å². The Balaban J connectivity index is 1.89. The zero-order valence-corrected chi connectivity index (χ0v) is 23.7. The first kappa shape index (κ1) is 28.4. The highest BCUT2D eigenvalue weighted by molar-refractivity contribution is 6.02. The molecule has 0 aliphatic carbocycles. The highest BCUT2D eigenvalue weighted by Crippen LogP contribution is 2.38. The van der Waals surface area contributed by atoms with Gasteiger partial charge in [0.05, 0.1) is 32.0 Å². The Hall–Kier alpha value is -4.60. The zero-order valence-electron chi connectivity index (χ0n) is 23.7. The fraction of sp³-hybridized carbons (Fsp3) is 0.333. The van der Waals surface area contributed by atoms with Crippen molar-refractivity contribution in [3.63, 3.8) is 0 Å². The van der Waals surface area contributed by atoms with Crippen molar-refractivity contribution >= 4 is 28.5 Å². The summed E-state index contributed by atoms with van der Waals surface area (Å²) in [6.07, 6.45) is 0. The minimum Gasteiger partial charge on any atom is -0.495 e. The first-order valence-electron chi connectivity index (χ1n) is 13.0. The summed E-state index contributed by atoms with van der Waals surface area (Å²) in [4.78, 5) is 29.8. The van der Waals surface area contributed by atoms with Crippen molar-refractivity contribution in [2.24, 2.45) is 0 Å². The Bertz CT molecular complexity index is 1490. The van der Waals surface area contributed by atoms with E-state index in [1.54, 1.807) is 42.5 Å². The second kappa shape index (κ2) is 12.1. The number of nitrogens with zero attached hydrogens (tertiary/aromatic N) is 4. The molecule has 10 nitrogen and oxygen atoms in total. The summed E-state index contributed by atoms with van der Waals surface area (Å²) in [7, 11) is 3.06. The number of amides is 2. The van der Waals surface area contributed by atoms with E-state index in [2.05, 4.69) is 15.6 Å². The van der Waals surface area contributed by atoms with Crippen molar-refractivity contribution < 1.29 is 23.8 Å². The summed E-state index contributed by atoms with van der Waals surface area (Å²) in [5.41, 5.74) is 1.76. The third-order valence-electron chi connectivity index (χ3n) is 6.13. The summed E-state index contributed by atoms with van der Waals surface area (Å²) in [6.45, 7) is 7.82. The average Bonchev–Trinajstić information content (AvgIpc) is 3.33. The third kappa shape index (κ3) is 6.17. The fourth-order valence-electron chi connectivity index (χ4n) is 4.47. The molecule has 4 rings (SSSR count). The van der Waals surface area contributed by atoms with E-state index in [-0.39, 0.29) is 18.4 Å². The van der Waals surface area contributed by atoms with Gasteiger partial charge in [0.1, 0.15) is 23.9 Å². The molecule has 0 saturated carbocycles. The number of hydrogen-bond acceptors (Lipinski definition) is 7. The van der Waals surface area contributed by atoms with Crippen LogP contribution in [0.4, 0.5) is 5.69 Å². The number of rotatable bonds is 10. The van der Waals surface area contributed by atoms with Crippen LogP contribution in [0.25, 0.3) is 11.0 Å². The van der Waals surface area contributed by atoms with Crippen LogP contribution in [0.5, 0.6) is 17.2 Å². The molecule has 1 atom stereocenters. The molecule has 0 radical (unpaired) electrons. The van der Waals surface area contributed by atoms with Crippen LogP contribution < -0.4 is 24.4 Å². The third-order valence-corrected chi connectivity index (χ3v) is 6.13. The number of benzene rings is 3. The summed E-state index contributed by atoms with van der Waals surface area (Å²) in [5, 5.41) is 11.4. The van der Waals surface area contributed by atoms with E-state index >= 15 is 0 Å². The molecule has 210 valence electrons. The maximum absolute atomic E-state index is 14.3. The molecule has 10 heteroatoms. The van der Waals surface area contributed by atoms with Crippen molar-refractivity contribution in [1.82, 2.24) is 20.3 Å². The number of methoxy groups -OCH3 is 2. The molecule has 0 spiro atoms. The van der Waals surface area contributed by atoms with Crippen LogP contribution in [0, 0.1) is 0 Å². The van der Waals surface area contributed by atoms with Gasteiger partial charge in [-0.3, -0.25) is 14.5 Å². The minimum absolute atomic E-state index is 0.161. The Morgan fingerprint density at radius 3 is 2.35 bits per heavy atom. The summed E-state index contributed by atoms with van der Waals surface area (Å²) >= 11 is 0. The number of para-hydroxylation sites is 3. The van der Waals surface area contributed by atoms with E-state index in [0.717, 1.165) is 0 Å². The van der Waals surface area contributed by atoms with E-state index in [1.165, 1.54) is 23.8 Å². The van der Waals surface area contributed by atoms with Gasteiger partial charge in [-0.25, -0.2) is 4.68 Å². The number of aromatic nitrogens is 3. The lowest BCUT2D eigenvalue weighted by atomic mass is 10.00. The van der Waals surface area contributed by atoms with Gasteiger partial charge >= 0.3 is 0 Å². The number of nitrogens with one attached hydrogen (secondary N) is 1. The van der Waals surface area contributed by atoms with E-state index < -0.39 is 11.6 Å². The van der Waals surface area contributed by atoms with Gasteiger partial charge in [-0.05, 0) is 69.7 Å². The molecule has 0 aliphatic heterocycles. The predicted octanol–water partition coefficient (Wildman–Crippen LogP) is 4.54. The number of ether oxygens (including phenoxy) is 3. The van der Waals surface area contributed by atoms with E-state index in [0.29, 0.717) is 46.1 Å². The van der Waals surface area contributed by atoms with Gasteiger partial charge < -0.3 is 19.5 Å². The predicted molar refractivity (Wildman–Crippen MR) is 153 cm³/mol. The van der Waals surface area contributed by atoms with E-state index in [4.69, 9.17) is 14.2 Å². The Morgan fingerprint density at radius 1 is 0.950 bits per heavy atom. The molecule has 0 fully saturated rings. The molecule has 40 heavy (non-hydrogen) atoms. The van der Waals surface area contributed by atoms with E-state index in [9.17, 15) is 9.59 Å². The lowest BCUT2D eigenvalue weighted by Crippen LogP contribution is -2.50. The normalized spacial score (nSPS) is 12.1. The fourth-order valence-corrected chi connectivity index (χ4v) is 4.47. The number of anilines is 1. The molecule has 3 aromatic carbocycles. The average molecular weight is 546 g/mol. The molecular formula is C30H35N5O5. The van der Waals surface area contributed by atoms with Crippen LogP contribution >= 0.6 is 0 Å². The second-order valence-corrected chi connectivity index (χ2v) is 10.2. The first-order chi connectivity index (χ1) is 19.2. The largest absolute Gasteiger partial charge is 0.495 e. The van der Waals surface area contributed by atoms with Gasteiger partial charge in [-0.2, -0.15) is 0 Å². The topological polar surface area (TPSA) is 108 Å². The van der Waals surface area contributed by atoms with Gasteiger partial charge in [-0.15, -0.1) is 5.10 Å². The van der Waals surface area contributed by atoms with Gasteiger partial charge in [0.15, 0.2) is 11.5 Å². The molecule has 0 aliphatic rings. The highest BCUT2D eigenvalue weighted by Gasteiger charge is 2.36. The molecular weight excluding hydrogens is 510 g/mol. The van der Waals surface area contributed by atoms with Crippen molar-refractivity contribution in [3.05, 3.63) is 72.3 Å². The summed E-state index contributed by atoms with van der Waals surface area (Å²) in [5.74, 6) is 0.657. The number of hydrogen-bond donors (Lipinski definition) is 1. The van der Waals surface area contributed by atoms with Gasteiger partial charge in [-0.1, -0.05) is 35.5 Å². The van der Waals surface area contributed by atoms with Gasteiger partial charge in [0, 0.05) is 5.54 Å². The molecule has 1 heterocycles. The van der Waals surface area contributed by atoms with Crippen LogP contribution in [0.1, 0.15) is 39.3 Å². The monoisotopic (exact) mass is 545 g/mol. The SMILES string of the molecule is CCOc1ccc(C(C(=O)NC(C)(C)C)N(C(=O)Cn2nnc3ccccc32)c2ccccc2OC)cc1OC. The number of fused-ring (bicyclic) bond motifs is 1. The first-order valence-corrected chi connectivity index (χ1v) is 13.0. The molecule has 2 amide bonds. The van der Waals surface area contributed by atoms with Crippen LogP contribution in [-0.4, -0.2) is 53.2 Å². The smallest absolute Gasteiger partial charge is 0.249 e. The van der Waals surface area contributed by atoms with Crippen LogP contribution in [0.15, 0.2) is 66.7 Å². The molecule has 4 aromatic rings. The molecule has 1 unspecified atom stereocenters. The lowest BCUT2D eigenvalue weighted by molar-refractivity contribution is -0.128. The zero-order chi connectivity index (χ0) is 28.9. The Labute approximate surface area is 233 Å². The minimum atomic E-state index is -1.08. The second-order valence-electron chi connectivity index (χ2n) is 10.2. The quantitative estimate of drug-likeness (QED) is 0.312. The van der Waals surface area contributed by atoms with Gasteiger partial charge in [0.25, 0.3) is 0 Å². The van der Waals surface area contributed by atoms with Crippen LogP contribution in [0.2, 0.25) is 0 Å². The number of carbonyl (C=O) groups excluding carboxylic acids is 2. The van der Waals surface area contributed by atoms with E-state index in [1.807, 2.05) is 52.0 Å². The Morgan fingerprint density at radius 2 is 1.65 bits per heavy atom. The lowest BCUT2D eigenvalue weighted by Gasteiger charge is -2.34. The summed E-state index contributed by atoms with van der Waals surface area (Å²) < 4.78 is 18.5. The highest BCUT2D eigenvalue weighted by atomic mass is 16.5. The van der Waals surface area contributed by atoms with Crippen LogP contribution in [0.3, 0.4) is 0 Å². The Kier molecular flexibility index (Phi) is 8.57. The number of carbonyl (C=O) groups is 2. The molecule has 1 aromatic heterocycles. The van der Waals surface area contributed by atoms with Crippen molar-refractivity contribution in [2.45, 2.75) is 45.8 Å².